The Kier molecular flexibility index (Phi) is 6.68. The number of nitrogens with zero attached hydrogens (tertiary/aromatic N) is 2. The number of ketones is 1. The molecule has 2 rings (SSSR count). The van der Waals surface area contributed by atoms with Crippen molar-refractivity contribution >= 4 is 11.7 Å². The number of carbonyl (C=O) groups is 2. The summed E-state index contributed by atoms with van der Waals surface area (Å²) in [5, 5.41) is 9.82. The summed E-state index contributed by atoms with van der Waals surface area (Å²) in [6.07, 6.45) is 1.69. The predicted molar refractivity (Wildman–Crippen MR) is 93.5 cm³/mol. The molecule has 0 radical (unpaired) electrons. The van der Waals surface area contributed by atoms with Crippen LogP contribution in [-0.2, 0) is 4.79 Å². The minimum absolute atomic E-state index is 0.0234. The number of benzene rings is 1. The molecule has 134 valence electrons. The van der Waals surface area contributed by atoms with Crippen LogP contribution in [0.4, 0.5) is 0 Å². The normalized spacial score (nSPS) is 11.8. The number of H-pyrrole nitrogens is 1. The van der Waals surface area contributed by atoms with E-state index in [0.29, 0.717) is 36.6 Å². The number of hydrogen-bond acceptors (Lipinski definition) is 5. The molecule has 0 saturated heterocycles. The van der Waals surface area contributed by atoms with Gasteiger partial charge in [0.05, 0.1) is 12.6 Å². The molecule has 0 aliphatic rings. The van der Waals surface area contributed by atoms with Crippen molar-refractivity contribution in [3.05, 3.63) is 41.5 Å². The lowest BCUT2D eigenvalue weighted by atomic mass is 10.1. The Morgan fingerprint density at radius 2 is 2.00 bits per heavy atom. The van der Waals surface area contributed by atoms with Gasteiger partial charge in [-0.15, -0.1) is 0 Å². The third-order valence-electron chi connectivity index (χ3n) is 3.75. The van der Waals surface area contributed by atoms with E-state index in [-0.39, 0.29) is 17.7 Å². The standard InChI is InChI=1S/C18H24N4O3/c1-4-16(18-19-13(3)21-22-18)20-17(24)6-5-11-25-15-9-7-14(8-10-15)12(2)23/h7-10,16H,4-6,11H2,1-3H3,(H,20,24)(H,19,21,22)/t16-/m1/s1. The molecule has 2 N–H and O–H groups in total. The fourth-order valence-corrected chi connectivity index (χ4v) is 2.34. The smallest absolute Gasteiger partial charge is 0.220 e. The maximum atomic E-state index is 12.1. The highest BCUT2D eigenvalue weighted by atomic mass is 16.5. The molecule has 1 aromatic carbocycles. The highest BCUT2D eigenvalue weighted by Gasteiger charge is 2.16. The van der Waals surface area contributed by atoms with Crippen molar-refractivity contribution in [3.8, 4) is 5.75 Å². The van der Waals surface area contributed by atoms with Gasteiger partial charge in [0.1, 0.15) is 11.6 Å². The summed E-state index contributed by atoms with van der Waals surface area (Å²) < 4.78 is 5.59. The molecule has 7 nitrogen and oxygen atoms in total. The molecule has 0 spiro atoms. The number of aryl methyl sites for hydroxylation is 1. The molecule has 1 aromatic heterocycles. The molecule has 0 unspecified atom stereocenters. The molecule has 0 aliphatic carbocycles. The van der Waals surface area contributed by atoms with E-state index in [1.807, 2.05) is 13.8 Å². The Morgan fingerprint density at radius 1 is 1.28 bits per heavy atom. The van der Waals surface area contributed by atoms with Crippen LogP contribution in [0.25, 0.3) is 0 Å². The van der Waals surface area contributed by atoms with Crippen molar-refractivity contribution in [2.45, 2.75) is 46.1 Å². The van der Waals surface area contributed by atoms with E-state index in [9.17, 15) is 9.59 Å². The first-order valence-electron chi connectivity index (χ1n) is 8.41. The van der Waals surface area contributed by atoms with Crippen molar-refractivity contribution in [1.29, 1.82) is 0 Å². The minimum Gasteiger partial charge on any atom is -0.494 e. The van der Waals surface area contributed by atoms with Crippen LogP contribution in [-0.4, -0.2) is 33.5 Å². The molecule has 0 fully saturated rings. The van der Waals surface area contributed by atoms with E-state index in [1.54, 1.807) is 24.3 Å². The van der Waals surface area contributed by atoms with Gasteiger partial charge in [0.2, 0.25) is 5.91 Å². The van der Waals surface area contributed by atoms with Crippen LogP contribution >= 0.6 is 0 Å². The molecule has 1 atom stereocenters. The minimum atomic E-state index is -0.183. The number of nitrogens with one attached hydrogen (secondary N) is 2. The zero-order chi connectivity index (χ0) is 18.2. The van der Waals surface area contributed by atoms with E-state index in [1.165, 1.54) is 6.92 Å². The predicted octanol–water partition coefficient (Wildman–Crippen LogP) is 2.74. The van der Waals surface area contributed by atoms with Crippen LogP contribution in [0.5, 0.6) is 5.75 Å². The van der Waals surface area contributed by atoms with Crippen LogP contribution in [0.15, 0.2) is 24.3 Å². The third kappa shape index (κ3) is 5.70. The maximum Gasteiger partial charge on any atom is 0.220 e. The Balaban J connectivity index is 1.72. The van der Waals surface area contributed by atoms with Gasteiger partial charge in [-0.1, -0.05) is 6.92 Å². The summed E-state index contributed by atoms with van der Waals surface area (Å²) in [4.78, 5) is 27.5. The Morgan fingerprint density at radius 3 is 2.56 bits per heavy atom. The molecule has 7 heteroatoms. The maximum absolute atomic E-state index is 12.1. The molecule has 0 saturated carbocycles. The summed E-state index contributed by atoms with van der Waals surface area (Å²) in [7, 11) is 0. The molecule has 1 heterocycles. The first-order chi connectivity index (χ1) is 12.0. The number of aromatic nitrogens is 3. The Labute approximate surface area is 147 Å². The van der Waals surface area contributed by atoms with Gasteiger partial charge < -0.3 is 10.1 Å². The van der Waals surface area contributed by atoms with Crippen molar-refractivity contribution in [2.75, 3.05) is 6.61 Å². The number of aromatic amines is 1. The molecular formula is C18H24N4O3. The molecule has 2 aromatic rings. The summed E-state index contributed by atoms with van der Waals surface area (Å²) in [5.41, 5.74) is 0.652. The molecule has 0 aliphatic heterocycles. The molecule has 0 bridgehead atoms. The summed E-state index contributed by atoms with van der Waals surface area (Å²) in [6.45, 7) is 5.76. The largest absolute Gasteiger partial charge is 0.494 e. The number of Topliss-reactive ketones (excluding diaryl/α,β-unsaturated/α-hetero) is 1. The van der Waals surface area contributed by atoms with Crippen LogP contribution in [0, 0.1) is 6.92 Å². The number of carbonyl (C=O) groups excluding carboxylic acids is 2. The third-order valence-corrected chi connectivity index (χ3v) is 3.75. The average Bonchev–Trinajstić information content (AvgIpc) is 3.03. The number of ether oxygens (including phenoxy) is 1. The summed E-state index contributed by atoms with van der Waals surface area (Å²) in [5.74, 6) is 2.00. The zero-order valence-electron chi connectivity index (χ0n) is 14.8. The van der Waals surface area contributed by atoms with Crippen molar-refractivity contribution < 1.29 is 14.3 Å². The molecule has 1 amide bonds. The van der Waals surface area contributed by atoms with E-state index < -0.39 is 0 Å². The van der Waals surface area contributed by atoms with Crippen molar-refractivity contribution in [2.24, 2.45) is 0 Å². The lowest BCUT2D eigenvalue weighted by molar-refractivity contribution is -0.122. The first-order valence-corrected chi connectivity index (χ1v) is 8.41. The van der Waals surface area contributed by atoms with Gasteiger partial charge >= 0.3 is 0 Å². The quantitative estimate of drug-likeness (QED) is 0.538. The number of hydrogen-bond donors (Lipinski definition) is 2. The topological polar surface area (TPSA) is 97.0 Å². The second-order valence-corrected chi connectivity index (χ2v) is 5.84. The fourth-order valence-electron chi connectivity index (χ4n) is 2.34. The number of rotatable bonds is 9. The molecular weight excluding hydrogens is 320 g/mol. The summed E-state index contributed by atoms with van der Waals surface area (Å²) in [6, 6.07) is 6.80. The lowest BCUT2D eigenvalue weighted by Crippen LogP contribution is -2.29. The van der Waals surface area contributed by atoms with Gasteiger partial charge in [-0.3, -0.25) is 14.7 Å². The van der Waals surface area contributed by atoms with Gasteiger partial charge in [-0.25, -0.2) is 4.98 Å². The van der Waals surface area contributed by atoms with Crippen LogP contribution in [0.3, 0.4) is 0 Å². The lowest BCUT2D eigenvalue weighted by Gasteiger charge is -2.13. The van der Waals surface area contributed by atoms with Gasteiger partial charge in [0.25, 0.3) is 0 Å². The van der Waals surface area contributed by atoms with Gasteiger partial charge in [-0.2, -0.15) is 5.10 Å². The highest BCUT2D eigenvalue weighted by molar-refractivity contribution is 5.94. The second-order valence-electron chi connectivity index (χ2n) is 5.84. The van der Waals surface area contributed by atoms with Crippen LogP contribution in [0.2, 0.25) is 0 Å². The van der Waals surface area contributed by atoms with Gasteiger partial charge in [-0.05, 0) is 51.0 Å². The van der Waals surface area contributed by atoms with E-state index in [4.69, 9.17) is 4.74 Å². The Bertz CT molecular complexity index is 709. The van der Waals surface area contributed by atoms with Crippen LogP contribution < -0.4 is 10.1 Å². The van der Waals surface area contributed by atoms with Crippen molar-refractivity contribution in [3.63, 3.8) is 0 Å². The van der Waals surface area contributed by atoms with E-state index >= 15 is 0 Å². The second kappa shape index (κ2) is 8.96. The number of amides is 1. The zero-order valence-corrected chi connectivity index (χ0v) is 14.8. The highest BCUT2D eigenvalue weighted by Crippen LogP contribution is 2.14. The van der Waals surface area contributed by atoms with E-state index in [2.05, 4.69) is 20.5 Å². The SMILES string of the molecule is CC[C@@H](NC(=O)CCCOc1ccc(C(C)=O)cc1)c1n[nH]c(C)n1. The van der Waals surface area contributed by atoms with Crippen LogP contribution in [0.1, 0.15) is 61.2 Å². The van der Waals surface area contributed by atoms with Gasteiger partial charge in [0.15, 0.2) is 11.6 Å². The summed E-state index contributed by atoms with van der Waals surface area (Å²) >= 11 is 0. The average molecular weight is 344 g/mol. The molecule has 25 heavy (non-hydrogen) atoms. The first kappa shape index (κ1) is 18.6. The van der Waals surface area contributed by atoms with Crippen molar-refractivity contribution in [1.82, 2.24) is 20.5 Å². The Hall–Kier alpha value is -2.70. The fraction of sp³-hybridized carbons (Fsp3) is 0.444. The van der Waals surface area contributed by atoms with Gasteiger partial charge in [0, 0.05) is 12.0 Å². The van der Waals surface area contributed by atoms with E-state index in [0.717, 1.165) is 12.2 Å². The monoisotopic (exact) mass is 344 g/mol.